The van der Waals surface area contributed by atoms with Crippen molar-refractivity contribution in [1.82, 2.24) is 0 Å². The number of ether oxygens (including phenoxy) is 5. The number of hydrogen-bond acceptors (Lipinski definition) is 5. The Morgan fingerprint density at radius 3 is 1.39 bits per heavy atom. The molecule has 2 aromatic rings. The molecular formula is C26H38O5. The Balaban J connectivity index is 1.42. The number of hydrogen-bond donors (Lipinski definition) is 0. The topological polar surface area (TPSA) is 46.2 Å². The molecule has 0 atom stereocenters. The summed E-state index contributed by atoms with van der Waals surface area (Å²) in [4.78, 5) is 0. The molecule has 5 nitrogen and oxygen atoms in total. The zero-order chi connectivity index (χ0) is 22.0. The maximum atomic E-state index is 5.82. The van der Waals surface area contributed by atoms with Crippen LogP contribution in [0.3, 0.4) is 0 Å². The fourth-order valence-electron chi connectivity index (χ4n) is 2.96. The molecule has 0 bridgehead atoms. The van der Waals surface area contributed by atoms with Crippen molar-refractivity contribution in [3.8, 4) is 17.2 Å². The van der Waals surface area contributed by atoms with Crippen LogP contribution in [0.4, 0.5) is 0 Å². The first-order valence-corrected chi connectivity index (χ1v) is 11.4. The lowest BCUT2D eigenvalue weighted by Crippen LogP contribution is -2.05. The molecule has 5 heteroatoms. The molecule has 31 heavy (non-hydrogen) atoms. The van der Waals surface area contributed by atoms with Crippen molar-refractivity contribution in [1.29, 1.82) is 0 Å². The molecule has 0 spiro atoms. The highest BCUT2D eigenvalue weighted by Gasteiger charge is 1.99. The van der Waals surface area contributed by atoms with Gasteiger partial charge in [0.15, 0.2) is 0 Å². The van der Waals surface area contributed by atoms with Crippen LogP contribution in [0.5, 0.6) is 17.2 Å². The van der Waals surface area contributed by atoms with Gasteiger partial charge in [0.1, 0.15) is 17.2 Å². The van der Waals surface area contributed by atoms with Crippen LogP contribution < -0.4 is 14.2 Å². The molecule has 0 unspecified atom stereocenters. The average molecular weight is 431 g/mol. The van der Waals surface area contributed by atoms with E-state index in [-0.39, 0.29) is 0 Å². The first kappa shape index (κ1) is 25.0. The third-order valence-electron chi connectivity index (χ3n) is 4.76. The molecule has 0 aliphatic carbocycles. The monoisotopic (exact) mass is 430 g/mol. The normalized spacial score (nSPS) is 10.8. The molecule has 0 amide bonds. The van der Waals surface area contributed by atoms with Crippen LogP contribution in [-0.4, -0.2) is 46.8 Å². The zero-order valence-corrected chi connectivity index (χ0v) is 19.1. The fourth-order valence-corrected chi connectivity index (χ4v) is 2.96. The van der Waals surface area contributed by atoms with E-state index in [1.165, 1.54) is 5.56 Å². The third-order valence-corrected chi connectivity index (χ3v) is 4.76. The van der Waals surface area contributed by atoms with E-state index in [0.717, 1.165) is 82.2 Å². The molecule has 2 aromatic carbocycles. The van der Waals surface area contributed by atoms with Crippen LogP contribution in [0, 0.1) is 6.92 Å². The molecule has 0 N–H and O–H groups in total. The van der Waals surface area contributed by atoms with Crippen molar-refractivity contribution in [3.63, 3.8) is 0 Å². The molecule has 2 rings (SSSR count). The molecule has 0 radical (unpaired) electrons. The minimum atomic E-state index is 0.651. The van der Waals surface area contributed by atoms with Crippen LogP contribution >= 0.6 is 0 Å². The van der Waals surface area contributed by atoms with Gasteiger partial charge in [0.2, 0.25) is 0 Å². The Hall–Kier alpha value is -2.24. The fraction of sp³-hybridized carbons (Fsp3) is 0.538. The minimum Gasteiger partial charge on any atom is -0.494 e. The third kappa shape index (κ3) is 12.3. The Morgan fingerprint density at radius 1 is 0.484 bits per heavy atom. The highest BCUT2D eigenvalue weighted by atomic mass is 16.5. The van der Waals surface area contributed by atoms with E-state index in [0.29, 0.717) is 13.2 Å². The molecule has 0 fully saturated rings. The number of benzene rings is 2. The van der Waals surface area contributed by atoms with Crippen molar-refractivity contribution < 1.29 is 23.7 Å². The van der Waals surface area contributed by atoms with Gasteiger partial charge >= 0.3 is 0 Å². The first-order valence-electron chi connectivity index (χ1n) is 11.4. The molecule has 0 aliphatic heterocycles. The predicted molar refractivity (Wildman–Crippen MR) is 125 cm³/mol. The van der Waals surface area contributed by atoms with Crippen LogP contribution in [-0.2, 0) is 9.47 Å². The number of aryl methyl sites for hydroxylation is 1. The van der Waals surface area contributed by atoms with E-state index in [4.69, 9.17) is 23.7 Å². The van der Waals surface area contributed by atoms with Gasteiger partial charge < -0.3 is 23.7 Å². The summed E-state index contributed by atoms with van der Waals surface area (Å²) in [6.07, 6.45) is 6.22. The molecule has 0 saturated carbocycles. The van der Waals surface area contributed by atoms with Gasteiger partial charge in [0.25, 0.3) is 0 Å². The zero-order valence-electron chi connectivity index (χ0n) is 19.1. The summed E-state index contributed by atoms with van der Waals surface area (Å²) >= 11 is 0. The van der Waals surface area contributed by atoms with Crippen LogP contribution in [0.2, 0.25) is 0 Å². The summed E-state index contributed by atoms with van der Waals surface area (Å²) in [7, 11) is 1.70. The van der Waals surface area contributed by atoms with Gasteiger partial charge in [0.05, 0.1) is 19.8 Å². The lowest BCUT2D eigenvalue weighted by atomic mass is 10.2. The molecule has 0 aromatic heterocycles. The lowest BCUT2D eigenvalue weighted by molar-refractivity contribution is 0.0940. The Labute approximate surface area is 187 Å². The Morgan fingerprint density at radius 2 is 0.903 bits per heavy atom. The Kier molecular flexibility index (Phi) is 13.3. The molecular weight excluding hydrogens is 392 g/mol. The first-order chi connectivity index (χ1) is 15.3. The van der Waals surface area contributed by atoms with Crippen molar-refractivity contribution in [3.05, 3.63) is 54.1 Å². The van der Waals surface area contributed by atoms with Crippen molar-refractivity contribution in [2.24, 2.45) is 0 Å². The number of methoxy groups -OCH3 is 1. The Bertz CT molecular complexity index is 669. The van der Waals surface area contributed by atoms with Gasteiger partial charge in [-0.05, 0) is 75.4 Å². The van der Waals surface area contributed by atoms with Gasteiger partial charge in [-0.2, -0.15) is 0 Å². The van der Waals surface area contributed by atoms with E-state index < -0.39 is 0 Å². The molecule has 0 aliphatic rings. The van der Waals surface area contributed by atoms with Gasteiger partial charge in [-0.15, -0.1) is 0 Å². The molecule has 0 saturated heterocycles. The second kappa shape index (κ2) is 16.5. The predicted octanol–water partition coefficient (Wildman–Crippen LogP) is 5.84. The lowest BCUT2D eigenvalue weighted by Gasteiger charge is -2.09. The highest BCUT2D eigenvalue weighted by molar-refractivity contribution is 5.31. The number of unbranched alkanes of at least 4 members (excludes halogenated alkanes) is 3. The van der Waals surface area contributed by atoms with Crippen molar-refractivity contribution >= 4 is 0 Å². The summed E-state index contributed by atoms with van der Waals surface area (Å²) in [6, 6.07) is 16.0. The molecule has 172 valence electrons. The van der Waals surface area contributed by atoms with Crippen molar-refractivity contribution in [2.75, 3.05) is 46.8 Å². The smallest absolute Gasteiger partial charge is 0.119 e. The highest BCUT2D eigenvalue weighted by Crippen LogP contribution is 2.18. The summed E-state index contributed by atoms with van der Waals surface area (Å²) in [6.45, 7) is 6.43. The maximum absolute atomic E-state index is 5.82. The average Bonchev–Trinajstić information content (AvgIpc) is 2.79. The maximum Gasteiger partial charge on any atom is 0.119 e. The van der Waals surface area contributed by atoms with E-state index in [9.17, 15) is 0 Å². The van der Waals surface area contributed by atoms with Gasteiger partial charge in [-0.25, -0.2) is 0 Å². The largest absolute Gasteiger partial charge is 0.494 e. The summed E-state index contributed by atoms with van der Waals surface area (Å²) in [5.74, 6) is 2.70. The quantitative estimate of drug-likeness (QED) is 0.278. The van der Waals surface area contributed by atoms with Crippen LogP contribution in [0.1, 0.15) is 44.1 Å². The SMILES string of the molecule is COCCCOCCCOc1ccc(OCCCCCCOc2ccc(C)cc2)cc1. The van der Waals surface area contributed by atoms with E-state index in [1.807, 2.05) is 36.4 Å². The van der Waals surface area contributed by atoms with Crippen LogP contribution in [0.25, 0.3) is 0 Å². The number of rotatable bonds is 18. The second-order valence-corrected chi connectivity index (χ2v) is 7.56. The summed E-state index contributed by atoms with van der Waals surface area (Å²) < 4.78 is 27.8. The minimum absolute atomic E-state index is 0.651. The van der Waals surface area contributed by atoms with Crippen molar-refractivity contribution in [2.45, 2.75) is 45.4 Å². The van der Waals surface area contributed by atoms with E-state index in [1.54, 1.807) is 7.11 Å². The van der Waals surface area contributed by atoms with Gasteiger partial charge in [0, 0.05) is 33.4 Å². The summed E-state index contributed by atoms with van der Waals surface area (Å²) in [5.41, 5.74) is 1.25. The van der Waals surface area contributed by atoms with E-state index >= 15 is 0 Å². The van der Waals surface area contributed by atoms with Gasteiger partial charge in [-0.3, -0.25) is 0 Å². The van der Waals surface area contributed by atoms with Gasteiger partial charge in [-0.1, -0.05) is 17.7 Å². The summed E-state index contributed by atoms with van der Waals surface area (Å²) in [5, 5.41) is 0. The molecule has 0 heterocycles. The van der Waals surface area contributed by atoms with E-state index in [2.05, 4.69) is 19.1 Å². The second-order valence-electron chi connectivity index (χ2n) is 7.56. The van der Waals surface area contributed by atoms with Crippen LogP contribution in [0.15, 0.2) is 48.5 Å². The standard InChI is InChI=1S/C26H38O5/c1-23-9-11-24(12-10-23)29-20-5-3-4-6-21-30-25-13-15-26(16-14-25)31-22-8-19-28-18-7-17-27-2/h9-16H,3-8,17-22H2,1-2H3.